The second kappa shape index (κ2) is 4.76. The molecule has 0 aromatic rings. The van der Waals surface area contributed by atoms with E-state index in [-0.39, 0.29) is 0 Å². The Bertz CT molecular complexity index is 245. The summed E-state index contributed by atoms with van der Waals surface area (Å²) in [6.07, 6.45) is 3.99. The third-order valence-electron chi connectivity index (χ3n) is 1.84. The molecular formula is C12H18. The van der Waals surface area contributed by atoms with Gasteiger partial charge in [-0.05, 0) is 38.8 Å². The van der Waals surface area contributed by atoms with E-state index < -0.39 is 0 Å². The third kappa shape index (κ3) is 3.38. The maximum Gasteiger partial charge on any atom is -0.0273 e. The summed E-state index contributed by atoms with van der Waals surface area (Å²) in [5.74, 6) is 0. The van der Waals surface area contributed by atoms with Crippen molar-refractivity contribution in [3.05, 3.63) is 47.6 Å². The van der Waals surface area contributed by atoms with Crippen LogP contribution in [0.3, 0.4) is 0 Å². The van der Waals surface area contributed by atoms with Gasteiger partial charge in [0.1, 0.15) is 0 Å². The van der Waals surface area contributed by atoms with Gasteiger partial charge < -0.3 is 0 Å². The lowest BCUT2D eigenvalue weighted by Gasteiger charge is -2.01. The molecule has 0 radical (unpaired) electrons. The standard InChI is InChI=1S/C12H18/c1-7-12(10(4)5)8-11(6)9(2)3/h7-8H,1-2H2,3-6H3/b11-8-. The Kier molecular flexibility index (Phi) is 4.35. The molecule has 0 N–H and O–H groups in total. The van der Waals surface area contributed by atoms with Crippen LogP contribution >= 0.6 is 0 Å². The molecule has 0 unspecified atom stereocenters. The topological polar surface area (TPSA) is 0 Å². The quantitative estimate of drug-likeness (QED) is 0.549. The second-order valence-electron chi connectivity index (χ2n) is 3.27. The Morgan fingerprint density at radius 3 is 1.83 bits per heavy atom. The van der Waals surface area contributed by atoms with Crippen LogP contribution in [0.4, 0.5) is 0 Å². The van der Waals surface area contributed by atoms with E-state index in [2.05, 4.69) is 40.0 Å². The van der Waals surface area contributed by atoms with Crippen LogP contribution in [-0.4, -0.2) is 0 Å². The van der Waals surface area contributed by atoms with Crippen molar-refractivity contribution in [2.45, 2.75) is 27.7 Å². The molecule has 0 aromatic heterocycles. The van der Waals surface area contributed by atoms with Gasteiger partial charge in [0.15, 0.2) is 0 Å². The largest absolute Gasteiger partial charge is 0.0985 e. The van der Waals surface area contributed by atoms with E-state index in [4.69, 9.17) is 0 Å². The Labute approximate surface area is 76.0 Å². The van der Waals surface area contributed by atoms with Gasteiger partial charge in [-0.1, -0.05) is 36.5 Å². The normalized spacial score (nSPS) is 10.8. The van der Waals surface area contributed by atoms with Crippen LogP contribution in [0.5, 0.6) is 0 Å². The third-order valence-corrected chi connectivity index (χ3v) is 1.84. The highest BCUT2D eigenvalue weighted by Gasteiger charge is 1.92. The zero-order valence-electron chi connectivity index (χ0n) is 8.57. The van der Waals surface area contributed by atoms with E-state index in [9.17, 15) is 0 Å². The van der Waals surface area contributed by atoms with Crippen molar-refractivity contribution in [2.24, 2.45) is 0 Å². The molecule has 12 heavy (non-hydrogen) atoms. The van der Waals surface area contributed by atoms with E-state index in [0.29, 0.717) is 0 Å². The minimum absolute atomic E-state index is 1.11. The molecule has 0 aromatic carbocycles. The summed E-state index contributed by atoms with van der Waals surface area (Å²) in [5, 5.41) is 0. The zero-order valence-corrected chi connectivity index (χ0v) is 8.57. The van der Waals surface area contributed by atoms with Crippen LogP contribution in [0.2, 0.25) is 0 Å². The van der Waals surface area contributed by atoms with E-state index in [1.165, 1.54) is 16.7 Å². The summed E-state index contributed by atoms with van der Waals surface area (Å²) in [5.41, 5.74) is 4.79. The van der Waals surface area contributed by atoms with Crippen LogP contribution in [0.15, 0.2) is 47.6 Å². The molecule has 0 saturated carbocycles. The first kappa shape index (κ1) is 11.0. The van der Waals surface area contributed by atoms with E-state index in [0.717, 1.165) is 5.57 Å². The first-order valence-corrected chi connectivity index (χ1v) is 4.13. The van der Waals surface area contributed by atoms with Crippen LogP contribution in [-0.2, 0) is 0 Å². The molecule has 0 heteroatoms. The molecule has 0 aliphatic carbocycles. The predicted octanol–water partition coefficient (Wildman–Crippen LogP) is 4.03. The summed E-state index contributed by atoms with van der Waals surface area (Å²) in [7, 11) is 0. The molecule has 0 atom stereocenters. The van der Waals surface area contributed by atoms with Crippen molar-refractivity contribution in [3.63, 3.8) is 0 Å². The Morgan fingerprint density at radius 1 is 1.08 bits per heavy atom. The van der Waals surface area contributed by atoms with Gasteiger partial charge >= 0.3 is 0 Å². The zero-order chi connectivity index (χ0) is 9.72. The average Bonchev–Trinajstić information content (AvgIpc) is 1.98. The molecule has 0 spiro atoms. The van der Waals surface area contributed by atoms with Crippen LogP contribution in [0.1, 0.15) is 27.7 Å². The molecule has 0 aliphatic rings. The highest BCUT2D eigenvalue weighted by Crippen LogP contribution is 2.13. The van der Waals surface area contributed by atoms with Gasteiger partial charge in [-0.3, -0.25) is 0 Å². The van der Waals surface area contributed by atoms with E-state index >= 15 is 0 Å². The molecule has 0 heterocycles. The summed E-state index contributed by atoms with van der Waals surface area (Å²) >= 11 is 0. The predicted molar refractivity (Wildman–Crippen MR) is 57.1 cm³/mol. The highest BCUT2D eigenvalue weighted by atomic mass is 14.0. The van der Waals surface area contributed by atoms with Gasteiger partial charge in [0.05, 0.1) is 0 Å². The summed E-state index contributed by atoms with van der Waals surface area (Å²) in [6, 6.07) is 0. The first-order chi connectivity index (χ1) is 5.49. The monoisotopic (exact) mass is 162 g/mol. The molecular weight excluding hydrogens is 144 g/mol. The van der Waals surface area contributed by atoms with Gasteiger partial charge in [-0.2, -0.15) is 0 Å². The average molecular weight is 162 g/mol. The molecule has 0 saturated heterocycles. The smallest absolute Gasteiger partial charge is 0.0273 e. The van der Waals surface area contributed by atoms with Crippen molar-refractivity contribution in [3.8, 4) is 0 Å². The van der Waals surface area contributed by atoms with E-state index in [1.54, 1.807) is 0 Å². The number of rotatable bonds is 3. The first-order valence-electron chi connectivity index (χ1n) is 4.13. The Hall–Kier alpha value is -1.04. The fourth-order valence-electron chi connectivity index (χ4n) is 0.764. The van der Waals surface area contributed by atoms with Gasteiger partial charge in [-0.25, -0.2) is 0 Å². The molecule has 0 nitrogen and oxygen atoms in total. The maximum atomic E-state index is 3.88. The molecule has 0 rings (SSSR count). The lowest BCUT2D eigenvalue weighted by Crippen LogP contribution is -1.81. The number of allylic oxidation sites excluding steroid dienone is 6. The van der Waals surface area contributed by atoms with Gasteiger partial charge in [-0.15, -0.1) is 0 Å². The lowest BCUT2D eigenvalue weighted by atomic mass is 10.0. The van der Waals surface area contributed by atoms with Crippen LogP contribution in [0, 0.1) is 0 Å². The molecule has 0 bridgehead atoms. The van der Waals surface area contributed by atoms with Crippen molar-refractivity contribution < 1.29 is 0 Å². The summed E-state index contributed by atoms with van der Waals surface area (Å²) in [4.78, 5) is 0. The Balaban J connectivity index is 4.84. The Morgan fingerprint density at radius 2 is 1.58 bits per heavy atom. The van der Waals surface area contributed by atoms with Crippen LogP contribution < -0.4 is 0 Å². The van der Waals surface area contributed by atoms with Crippen molar-refractivity contribution >= 4 is 0 Å². The van der Waals surface area contributed by atoms with E-state index in [1.807, 2.05) is 13.0 Å². The fraction of sp³-hybridized carbons (Fsp3) is 0.333. The minimum atomic E-state index is 1.11. The highest BCUT2D eigenvalue weighted by molar-refractivity contribution is 5.40. The van der Waals surface area contributed by atoms with Crippen molar-refractivity contribution in [2.75, 3.05) is 0 Å². The van der Waals surface area contributed by atoms with Crippen LogP contribution in [0.25, 0.3) is 0 Å². The SMILES string of the molecule is C=CC(/C=C(/C)C(=C)C)=C(C)C. The number of hydrogen-bond acceptors (Lipinski definition) is 0. The van der Waals surface area contributed by atoms with Gasteiger partial charge in [0, 0.05) is 0 Å². The van der Waals surface area contributed by atoms with Gasteiger partial charge in [0.25, 0.3) is 0 Å². The molecule has 0 amide bonds. The minimum Gasteiger partial charge on any atom is -0.0985 e. The molecule has 0 fully saturated rings. The summed E-state index contributed by atoms with van der Waals surface area (Å²) < 4.78 is 0. The molecule has 66 valence electrons. The number of hydrogen-bond donors (Lipinski definition) is 0. The fourth-order valence-corrected chi connectivity index (χ4v) is 0.764. The van der Waals surface area contributed by atoms with Crippen molar-refractivity contribution in [1.29, 1.82) is 0 Å². The van der Waals surface area contributed by atoms with Gasteiger partial charge in [0.2, 0.25) is 0 Å². The molecule has 0 aliphatic heterocycles. The lowest BCUT2D eigenvalue weighted by molar-refractivity contribution is 1.30. The summed E-state index contributed by atoms with van der Waals surface area (Å²) in [6.45, 7) is 15.9. The second-order valence-corrected chi connectivity index (χ2v) is 3.27. The maximum absolute atomic E-state index is 3.88. The van der Waals surface area contributed by atoms with Crippen molar-refractivity contribution in [1.82, 2.24) is 0 Å².